The Bertz CT molecular complexity index is 405. The van der Waals surface area contributed by atoms with Gasteiger partial charge in [0.05, 0.1) is 0 Å². The van der Waals surface area contributed by atoms with Crippen LogP contribution in [0.1, 0.15) is 22.8 Å². The van der Waals surface area contributed by atoms with E-state index in [9.17, 15) is 4.79 Å². The molecular weight excluding hydrogens is 265 g/mol. The van der Waals surface area contributed by atoms with Gasteiger partial charge in [-0.1, -0.05) is 27.5 Å². The van der Waals surface area contributed by atoms with Gasteiger partial charge in [-0.25, -0.2) is 0 Å². The van der Waals surface area contributed by atoms with Gasteiger partial charge < -0.3 is 5.32 Å². The molecule has 0 bridgehead atoms. The molecule has 1 aromatic carbocycles. The summed E-state index contributed by atoms with van der Waals surface area (Å²) in [5, 5.41) is 3.46. The molecule has 0 radical (unpaired) electrons. The molecule has 1 atom stereocenters. The van der Waals surface area contributed by atoms with Crippen molar-refractivity contribution in [2.24, 2.45) is 0 Å². The lowest BCUT2D eigenvalue weighted by molar-refractivity contribution is 0.0929. The topological polar surface area (TPSA) is 29.1 Å². The van der Waals surface area contributed by atoms with Crippen LogP contribution in [-0.4, -0.2) is 11.9 Å². The summed E-state index contributed by atoms with van der Waals surface area (Å²) in [6.45, 7) is 1.99. The van der Waals surface area contributed by atoms with E-state index in [1.807, 2.05) is 13.0 Å². The minimum absolute atomic E-state index is 0.0399. The largest absolute Gasteiger partial charge is 0.349 e. The average molecular weight is 275 g/mol. The van der Waals surface area contributed by atoms with E-state index >= 15 is 0 Å². The summed E-state index contributed by atoms with van der Waals surface area (Å²) in [5.74, 6) is -0.0399. The number of rotatable bonds is 0. The SMILES string of the molecule is CC1Cc2c(Br)cc(Cl)cc2C(=O)N1. The van der Waals surface area contributed by atoms with Crippen LogP contribution < -0.4 is 5.32 Å². The molecule has 14 heavy (non-hydrogen) atoms. The van der Waals surface area contributed by atoms with Gasteiger partial charge in [0.25, 0.3) is 5.91 Å². The Hall–Kier alpha value is -0.540. The number of amides is 1. The van der Waals surface area contributed by atoms with Gasteiger partial charge in [-0.15, -0.1) is 0 Å². The molecule has 0 spiro atoms. The van der Waals surface area contributed by atoms with Crippen molar-refractivity contribution in [1.82, 2.24) is 5.32 Å². The molecule has 0 fully saturated rings. The lowest BCUT2D eigenvalue weighted by Gasteiger charge is -2.23. The zero-order chi connectivity index (χ0) is 10.3. The van der Waals surface area contributed by atoms with Crippen molar-refractivity contribution in [1.29, 1.82) is 0 Å². The summed E-state index contributed by atoms with van der Waals surface area (Å²) < 4.78 is 0.918. The molecule has 1 N–H and O–H groups in total. The van der Waals surface area contributed by atoms with Crippen LogP contribution in [0.4, 0.5) is 0 Å². The summed E-state index contributed by atoms with van der Waals surface area (Å²) in [5.41, 5.74) is 1.73. The molecule has 4 heteroatoms. The number of carbonyl (C=O) groups is 1. The highest BCUT2D eigenvalue weighted by Crippen LogP contribution is 2.29. The standard InChI is InChI=1S/C10H9BrClNO/c1-5-2-7-8(10(14)13-5)3-6(12)4-9(7)11/h3-5H,2H2,1H3,(H,13,14). The van der Waals surface area contributed by atoms with Gasteiger partial charge in [-0.05, 0) is 31.0 Å². The number of nitrogens with one attached hydrogen (secondary N) is 1. The molecule has 1 aliphatic heterocycles. The Kier molecular flexibility index (Phi) is 2.54. The van der Waals surface area contributed by atoms with Crippen LogP contribution in [-0.2, 0) is 6.42 Å². The van der Waals surface area contributed by atoms with E-state index in [2.05, 4.69) is 21.2 Å². The predicted molar refractivity (Wildman–Crippen MR) is 59.8 cm³/mol. The van der Waals surface area contributed by atoms with Crippen molar-refractivity contribution in [3.63, 3.8) is 0 Å². The highest BCUT2D eigenvalue weighted by molar-refractivity contribution is 9.10. The maximum absolute atomic E-state index is 11.6. The Balaban J connectivity index is 2.59. The van der Waals surface area contributed by atoms with Gasteiger partial charge in [0.15, 0.2) is 0 Å². The van der Waals surface area contributed by atoms with Crippen LogP contribution in [0.25, 0.3) is 0 Å². The molecule has 0 aromatic heterocycles. The average Bonchev–Trinajstić information content (AvgIpc) is 2.07. The van der Waals surface area contributed by atoms with Gasteiger partial charge >= 0.3 is 0 Å². The number of hydrogen-bond donors (Lipinski definition) is 1. The molecule has 1 aromatic rings. The Labute approximate surface area is 95.8 Å². The number of hydrogen-bond acceptors (Lipinski definition) is 1. The maximum Gasteiger partial charge on any atom is 0.251 e. The zero-order valence-corrected chi connectivity index (χ0v) is 9.95. The number of halogens is 2. The minimum atomic E-state index is -0.0399. The second kappa shape index (κ2) is 3.55. The molecule has 0 saturated carbocycles. The van der Waals surface area contributed by atoms with Crippen LogP contribution in [0.15, 0.2) is 16.6 Å². The first-order chi connectivity index (χ1) is 6.58. The molecule has 74 valence electrons. The second-order valence-corrected chi connectivity index (χ2v) is 4.78. The molecule has 1 heterocycles. The van der Waals surface area contributed by atoms with Gasteiger partial charge in [0.1, 0.15) is 0 Å². The van der Waals surface area contributed by atoms with E-state index in [0.717, 1.165) is 16.5 Å². The van der Waals surface area contributed by atoms with Gasteiger partial charge in [0, 0.05) is 21.1 Å². The Morgan fingerprint density at radius 1 is 1.57 bits per heavy atom. The molecule has 1 aliphatic rings. The van der Waals surface area contributed by atoms with Crippen molar-refractivity contribution >= 4 is 33.4 Å². The maximum atomic E-state index is 11.6. The van der Waals surface area contributed by atoms with Crippen LogP contribution in [0.5, 0.6) is 0 Å². The van der Waals surface area contributed by atoms with Crippen LogP contribution in [0.3, 0.4) is 0 Å². The fourth-order valence-electron chi connectivity index (χ4n) is 1.67. The second-order valence-electron chi connectivity index (χ2n) is 3.49. The quantitative estimate of drug-likeness (QED) is 0.774. The van der Waals surface area contributed by atoms with E-state index in [1.165, 1.54) is 0 Å². The van der Waals surface area contributed by atoms with E-state index < -0.39 is 0 Å². The van der Waals surface area contributed by atoms with Crippen LogP contribution >= 0.6 is 27.5 Å². The molecule has 2 nitrogen and oxygen atoms in total. The number of carbonyl (C=O) groups excluding carboxylic acids is 1. The van der Waals surface area contributed by atoms with Crippen molar-refractivity contribution in [3.8, 4) is 0 Å². The van der Waals surface area contributed by atoms with E-state index in [1.54, 1.807) is 6.07 Å². The molecule has 0 saturated heterocycles. The highest BCUT2D eigenvalue weighted by atomic mass is 79.9. The summed E-state index contributed by atoms with van der Waals surface area (Å²) in [6.07, 6.45) is 0.846. The summed E-state index contributed by atoms with van der Waals surface area (Å²) in [7, 11) is 0. The summed E-state index contributed by atoms with van der Waals surface area (Å²) in [4.78, 5) is 11.6. The normalized spacial score (nSPS) is 20.2. The molecule has 0 aliphatic carbocycles. The lowest BCUT2D eigenvalue weighted by Crippen LogP contribution is -2.39. The third-order valence-corrected chi connectivity index (χ3v) is 3.22. The van der Waals surface area contributed by atoms with E-state index in [0.29, 0.717) is 10.6 Å². The van der Waals surface area contributed by atoms with E-state index in [4.69, 9.17) is 11.6 Å². The van der Waals surface area contributed by atoms with E-state index in [-0.39, 0.29) is 11.9 Å². The Morgan fingerprint density at radius 2 is 2.29 bits per heavy atom. The summed E-state index contributed by atoms with van der Waals surface area (Å²) >= 11 is 9.30. The van der Waals surface area contributed by atoms with Crippen LogP contribution in [0.2, 0.25) is 5.02 Å². The van der Waals surface area contributed by atoms with Crippen molar-refractivity contribution in [3.05, 3.63) is 32.8 Å². The fourth-order valence-corrected chi connectivity index (χ4v) is 2.64. The van der Waals surface area contributed by atoms with Gasteiger partial charge in [-0.2, -0.15) is 0 Å². The molecule has 2 rings (SSSR count). The first kappa shape index (κ1) is 9.99. The van der Waals surface area contributed by atoms with Crippen LogP contribution in [0, 0.1) is 0 Å². The molecular formula is C10H9BrClNO. The highest BCUT2D eigenvalue weighted by Gasteiger charge is 2.23. The van der Waals surface area contributed by atoms with Crippen molar-refractivity contribution in [2.75, 3.05) is 0 Å². The first-order valence-corrected chi connectivity index (χ1v) is 5.54. The van der Waals surface area contributed by atoms with Crippen molar-refractivity contribution < 1.29 is 4.79 Å². The monoisotopic (exact) mass is 273 g/mol. The smallest absolute Gasteiger partial charge is 0.251 e. The molecule has 1 amide bonds. The lowest BCUT2D eigenvalue weighted by atomic mass is 9.96. The summed E-state index contributed by atoms with van der Waals surface area (Å²) in [6, 6.07) is 3.72. The molecule has 1 unspecified atom stereocenters. The third kappa shape index (κ3) is 1.66. The number of fused-ring (bicyclic) bond motifs is 1. The fraction of sp³-hybridized carbons (Fsp3) is 0.300. The minimum Gasteiger partial charge on any atom is -0.349 e. The number of benzene rings is 1. The van der Waals surface area contributed by atoms with Gasteiger partial charge in [-0.3, -0.25) is 4.79 Å². The zero-order valence-electron chi connectivity index (χ0n) is 7.60. The predicted octanol–water partition coefficient (Wildman–Crippen LogP) is 2.78. The Morgan fingerprint density at radius 3 is 3.00 bits per heavy atom. The van der Waals surface area contributed by atoms with Gasteiger partial charge in [0.2, 0.25) is 0 Å². The first-order valence-electron chi connectivity index (χ1n) is 4.36. The third-order valence-electron chi connectivity index (χ3n) is 2.29. The van der Waals surface area contributed by atoms with Crippen molar-refractivity contribution in [2.45, 2.75) is 19.4 Å².